The van der Waals surface area contributed by atoms with Gasteiger partial charge in [0.15, 0.2) is 17.9 Å². The Kier molecular flexibility index (Phi) is 6.73. The number of pyridine rings is 2. The number of fused-ring (bicyclic) bond motifs is 1. The number of aromatic amines is 1. The second-order valence-corrected chi connectivity index (χ2v) is 11.8. The van der Waals surface area contributed by atoms with Crippen molar-refractivity contribution in [3.8, 4) is 17.0 Å². The van der Waals surface area contributed by atoms with Crippen LogP contribution in [0.2, 0.25) is 10.0 Å². The van der Waals surface area contributed by atoms with E-state index in [1.54, 1.807) is 36.3 Å². The second-order valence-electron chi connectivity index (χ2n) is 8.21. The molecule has 0 radical (unpaired) electrons. The quantitative estimate of drug-likeness (QED) is 0.353. The van der Waals surface area contributed by atoms with Crippen LogP contribution in [0.1, 0.15) is 11.8 Å². The van der Waals surface area contributed by atoms with Crippen LogP contribution < -0.4 is 15.4 Å². The van der Waals surface area contributed by atoms with Crippen LogP contribution in [0.25, 0.3) is 22.2 Å². The van der Waals surface area contributed by atoms with E-state index in [0.29, 0.717) is 62.6 Å². The minimum absolute atomic E-state index is 0.220. The Morgan fingerprint density at radius 2 is 1.92 bits per heavy atom. The highest BCUT2D eigenvalue weighted by atomic mass is 35.5. The van der Waals surface area contributed by atoms with Gasteiger partial charge in [0.25, 0.3) is 0 Å². The molecule has 1 aliphatic heterocycles. The Labute approximate surface area is 217 Å². The van der Waals surface area contributed by atoms with Crippen LogP contribution in [0.5, 0.6) is 5.75 Å². The minimum Gasteiger partial charge on any atom is -0.471 e. The zero-order valence-electron chi connectivity index (χ0n) is 19.1. The Morgan fingerprint density at radius 3 is 2.58 bits per heavy atom. The van der Waals surface area contributed by atoms with Gasteiger partial charge in [-0.1, -0.05) is 23.2 Å². The standard InChI is InChI=1S/C23H22Cl2FN7O2S/c1-28-36(34)6-4-33(5-7-36)23-18(26)8-13(10-30-23)21-15-9-14(2-3-19(15)31-32-21)35-22(27)20-16(24)11-29-12-17(20)25/h2-3,8-12,22H,4-7,27H2,1H3,(H,31,32)/t22-/m0/s1. The van der Waals surface area contributed by atoms with E-state index in [1.807, 2.05) is 0 Å². The largest absolute Gasteiger partial charge is 0.471 e. The smallest absolute Gasteiger partial charge is 0.177 e. The van der Waals surface area contributed by atoms with Gasteiger partial charge in [0, 0.05) is 76.5 Å². The van der Waals surface area contributed by atoms with Crippen molar-refractivity contribution in [3.05, 3.63) is 64.3 Å². The van der Waals surface area contributed by atoms with Gasteiger partial charge in [0.05, 0.1) is 15.6 Å². The predicted octanol–water partition coefficient (Wildman–Crippen LogP) is 4.42. The first-order valence-electron chi connectivity index (χ1n) is 11.0. The summed E-state index contributed by atoms with van der Waals surface area (Å²) in [5.41, 5.74) is 8.35. The first-order chi connectivity index (χ1) is 17.3. The zero-order chi connectivity index (χ0) is 25.4. The fourth-order valence-corrected chi connectivity index (χ4v) is 6.25. The average molecular weight is 550 g/mol. The highest BCUT2D eigenvalue weighted by Crippen LogP contribution is 2.34. The number of aromatic nitrogens is 4. The number of H-pyrrole nitrogens is 1. The van der Waals surface area contributed by atoms with Crippen molar-refractivity contribution < 1.29 is 13.3 Å². The highest BCUT2D eigenvalue weighted by molar-refractivity contribution is 7.93. The highest BCUT2D eigenvalue weighted by Gasteiger charge is 2.24. The number of benzene rings is 1. The maximum Gasteiger partial charge on any atom is 0.177 e. The lowest BCUT2D eigenvalue weighted by Crippen LogP contribution is -2.41. The van der Waals surface area contributed by atoms with E-state index < -0.39 is 21.8 Å². The van der Waals surface area contributed by atoms with E-state index in [1.165, 1.54) is 18.5 Å². The molecular weight excluding hydrogens is 528 g/mol. The number of rotatable bonds is 5. The number of anilines is 1. The molecule has 9 nitrogen and oxygen atoms in total. The van der Waals surface area contributed by atoms with Gasteiger partial charge in [-0.3, -0.25) is 15.8 Å². The zero-order valence-corrected chi connectivity index (χ0v) is 21.4. The fourth-order valence-electron chi connectivity index (χ4n) is 4.09. The Morgan fingerprint density at radius 1 is 1.19 bits per heavy atom. The maximum atomic E-state index is 15.1. The van der Waals surface area contributed by atoms with E-state index in [-0.39, 0.29) is 5.82 Å². The molecule has 5 rings (SSSR count). The van der Waals surface area contributed by atoms with Crippen LogP contribution in [0.15, 0.2) is 47.2 Å². The minimum atomic E-state index is -2.20. The molecule has 1 aromatic carbocycles. The number of ether oxygens (including phenoxy) is 1. The first-order valence-corrected chi connectivity index (χ1v) is 13.6. The summed E-state index contributed by atoms with van der Waals surface area (Å²) in [6, 6.07) is 6.65. The molecule has 0 spiro atoms. The number of hydrogen-bond acceptors (Lipinski definition) is 8. The van der Waals surface area contributed by atoms with E-state index >= 15 is 4.39 Å². The van der Waals surface area contributed by atoms with Gasteiger partial charge in [-0.25, -0.2) is 17.9 Å². The molecule has 0 bridgehead atoms. The summed E-state index contributed by atoms with van der Waals surface area (Å²) >= 11 is 12.4. The number of nitrogens with one attached hydrogen (secondary N) is 1. The lowest BCUT2D eigenvalue weighted by Gasteiger charge is -2.29. The number of hydrogen-bond donors (Lipinski definition) is 2. The molecule has 4 heterocycles. The summed E-state index contributed by atoms with van der Waals surface area (Å²) < 4.78 is 37.4. The van der Waals surface area contributed by atoms with Crippen LogP contribution >= 0.6 is 23.2 Å². The van der Waals surface area contributed by atoms with Crippen molar-refractivity contribution in [1.29, 1.82) is 0 Å². The van der Waals surface area contributed by atoms with E-state index in [2.05, 4.69) is 24.5 Å². The fraction of sp³-hybridized carbons (Fsp3) is 0.261. The molecule has 3 aromatic heterocycles. The summed E-state index contributed by atoms with van der Waals surface area (Å²) in [6.07, 6.45) is 3.52. The molecule has 4 aromatic rings. The predicted molar refractivity (Wildman–Crippen MR) is 140 cm³/mol. The molecular formula is C23H22Cl2FN7O2S. The summed E-state index contributed by atoms with van der Waals surface area (Å²) in [5, 5.41) is 8.58. The summed E-state index contributed by atoms with van der Waals surface area (Å²) in [4.78, 5) is 10.1. The molecule has 0 saturated carbocycles. The lowest BCUT2D eigenvalue weighted by atomic mass is 10.1. The summed E-state index contributed by atoms with van der Waals surface area (Å²) in [7, 11) is -0.642. The van der Waals surface area contributed by atoms with Gasteiger partial charge < -0.3 is 9.64 Å². The first kappa shape index (κ1) is 24.7. The molecule has 0 unspecified atom stereocenters. The molecule has 1 saturated heterocycles. The van der Waals surface area contributed by atoms with Crippen molar-refractivity contribution in [2.75, 3.05) is 36.5 Å². The topological polar surface area (TPSA) is 122 Å². The molecule has 0 amide bonds. The summed E-state index contributed by atoms with van der Waals surface area (Å²) in [6.45, 7) is 0.856. The van der Waals surface area contributed by atoms with Crippen LogP contribution in [-0.2, 0) is 9.73 Å². The van der Waals surface area contributed by atoms with Crippen LogP contribution in [-0.4, -0.2) is 56.0 Å². The van der Waals surface area contributed by atoms with Crippen molar-refractivity contribution in [2.45, 2.75) is 6.23 Å². The molecule has 0 aliphatic carbocycles. The van der Waals surface area contributed by atoms with Gasteiger partial charge >= 0.3 is 0 Å². The number of nitrogens with two attached hydrogens (primary N) is 1. The molecule has 1 aliphatic rings. The third kappa shape index (κ3) is 4.71. The molecule has 188 valence electrons. The van der Waals surface area contributed by atoms with Crippen molar-refractivity contribution in [3.63, 3.8) is 0 Å². The van der Waals surface area contributed by atoms with E-state index in [9.17, 15) is 4.21 Å². The molecule has 36 heavy (non-hydrogen) atoms. The van der Waals surface area contributed by atoms with Crippen molar-refractivity contribution in [1.82, 2.24) is 20.2 Å². The van der Waals surface area contributed by atoms with Gasteiger partial charge in [0.1, 0.15) is 11.4 Å². The molecule has 1 atom stereocenters. The Bertz CT molecular complexity index is 1540. The van der Waals surface area contributed by atoms with Crippen molar-refractivity contribution in [2.24, 2.45) is 10.1 Å². The van der Waals surface area contributed by atoms with Gasteiger partial charge in [-0.05, 0) is 24.3 Å². The number of halogens is 3. The average Bonchev–Trinajstić information content (AvgIpc) is 3.28. The SMILES string of the molecule is CN=S1(=O)CCN(c2ncc(-c3n[nH]c4ccc(O[C@H](N)c5c(Cl)cncc5Cl)cc34)cc2F)CC1. The summed E-state index contributed by atoms with van der Waals surface area (Å²) in [5.74, 6) is 0.957. The van der Waals surface area contributed by atoms with Gasteiger partial charge in [0.2, 0.25) is 0 Å². The normalized spacial score (nSPS) is 16.2. The molecule has 3 N–H and O–H groups in total. The monoisotopic (exact) mass is 549 g/mol. The van der Waals surface area contributed by atoms with Crippen LogP contribution in [0, 0.1) is 5.82 Å². The van der Waals surface area contributed by atoms with Crippen molar-refractivity contribution >= 4 is 49.7 Å². The van der Waals surface area contributed by atoms with Crippen LogP contribution in [0.3, 0.4) is 0 Å². The third-order valence-electron chi connectivity index (χ3n) is 6.06. The molecule has 13 heteroatoms. The van der Waals surface area contributed by atoms with Crippen LogP contribution in [0.4, 0.5) is 10.2 Å². The number of nitrogens with zero attached hydrogens (tertiary/aromatic N) is 5. The van der Waals surface area contributed by atoms with E-state index in [4.69, 9.17) is 33.7 Å². The Balaban J connectivity index is 1.41. The maximum absolute atomic E-state index is 15.1. The van der Waals surface area contributed by atoms with Gasteiger partial charge in [-0.15, -0.1) is 0 Å². The third-order valence-corrected chi connectivity index (χ3v) is 8.97. The van der Waals surface area contributed by atoms with Gasteiger partial charge in [-0.2, -0.15) is 5.10 Å². The van der Waals surface area contributed by atoms with E-state index in [0.717, 1.165) is 5.52 Å². The Hall–Kier alpha value is -2.99. The lowest BCUT2D eigenvalue weighted by molar-refractivity contribution is 0.214. The molecule has 1 fully saturated rings. The second kappa shape index (κ2) is 9.81.